The Kier molecular flexibility index (Phi) is 6.98. The summed E-state index contributed by atoms with van der Waals surface area (Å²) >= 11 is 0. The fourth-order valence-corrected chi connectivity index (χ4v) is 0.476. The van der Waals surface area contributed by atoms with Crippen molar-refractivity contribution in [1.29, 1.82) is 0 Å². The predicted molar refractivity (Wildman–Crippen MR) is 38.7 cm³/mol. The molecule has 0 amide bonds. The Balaban J connectivity index is 3.13. The molecule has 0 spiro atoms. The van der Waals surface area contributed by atoms with Crippen molar-refractivity contribution in [3.63, 3.8) is 0 Å². The van der Waals surface area contributed by atoms with Crippen LogP contribution in [0.4, 0.5) is 0 Å². The van der Waals surface area contributed by atoms with Crippen LogP contribution in [-0.2, 0) is 5.11 Å². The summed E-state index contributed by atoms with van der Waals surface area (Å²) in [6, 6.07) is 0. The Morgan fingerprint density at radius 2 is 1.89 bits per heavy atom. The first kappa shape index (κ1) is 8.44. The van der Waals surface area contributed by atoms with Crippen LogP contribution in [0.5, 0.6) is 0 Å². The number of rotatable bonds is 4. The van der Waals surface area contributed by atoms with Gasteiger partial charge in [-0.15, -0.1) is 0 Å². The van der Waals surface area contributed by atoms with Crippen LogP contribution in [0.25, 0.3) is 0 Å². The summed E-state index contributed by atoms with van der Waals surface area (Å²) in [5.74, 6) is 0. The van der Waals surface area contributed by atoms with E-state index in [9.17, 15) is 5.11 Å². The van der Waals surface area contributed by atoms with Crippen molar-refractivity contribution in [3.8, 4) is 0 Å². The summed E-state index contributed by atoms with van der Waals surface area (Å²) in [4.78, 5) is 0. The minimum Gasteiger partial charge on any atom is -0.232 e. The van der Waals surface area contributed by atoms with E-state index in [0.29, 0.717) is 0 Å². The van der Waals surface area contributed by atoms with Crippen LogP contribution in [0.2, 0.25) is 0 Å². The van der Waals surface area contributed by atoms with E-state index >= 15 is 0 Å². The molecule has 0 bridgehead atoms. The zero-order chi connectivity index (χ0) is 6.95. The van der Waals surface area contributed by atoms with Crippen LogP contribution in [0.3, 0.4) is 0 Å². The maximum atomic E-state index is 9.84. The average molecular weight is 125 g/mol. The number of allylic oxidation sites excluding steroid dienone is 3. The van der Waals surface area contributed by atoms with Gasteiger partial charge in [-0.05, 0) is 6.42 Å². The zero-order valence-corrected chi connectivity index (χ0v) is 5.84. The zero-order valence-electron chi connectivity index (χ0n) is 5.84. The summed E-state index contributed by atoms with van der Waals surface area (Å²) in [5, 5.41) is 9.84. The number of hydrogen-bond acceptors (Lipinski definition) is 0. The Bertz CT molecular complexity index is 92.7. The lowest BCUT2D eigenvalue weighted by Gasteiger charge is -1.79. The predicted octanol–water partition coefficient (Wildman–Crippen LogP) is 2.33. The quantitative estimate of drug-likeness (QED) is 0.514. The summed E-state index contributed by atoms with van der Waals surface area (Å²) in [6.45, 7) is 2.01. The van der Waals surface area contributed by atoms with Gasteiger partial charge >= 0.3 is 0 Å². The van der Waals surface area contributed by atoms with Gasteiger partial charge < -0.3 is 0 Å². The smallest absolute Gasteiger partial charge is 0.101 e. The topological polar surface area (TPSA) is 19.9 Å². The van der Waals surface area contributed by atoms with Crippen molar-refractivity contribution in [2.45, 2.75) is 19.8 Å². The van der Waals surface area contributed by atoms with E-state index in [2.05, 4.69) is 13.0 Å². The molecule has 9 heavy (non-hydrogen) atoms. The molecule has 1 nitrogen and oxygen atoms in total. The van der Waals surface area contributed by atoms with E-state index in [0.717, 1.165) is 6.42 Å². The van der Waals surface area contributed by atoms with Crippen LogP contribution in [0, 0.1) is 0 Å². The molecule has 0 rings (SSSR count). The van der Waals surface area contributed by atoms with Gasteiger partial charge in [0.15, 0.2) is 0 Å². The largest absolute Gasteiger partial charge is 0.232 e. The highest BCUT2D eigenvalue weighted by molar-refractivity contribution is 5.01. The first-order valence-electron chi connectivity index (χ1n) is 3.31. The van der Waals surface area contributed by atoms with E-state index in [1.807, 2.05) is 6.08 Å². The summed E-state index contributed by atoms with van der Waals surface area (Å²) in [5.41, 5.74) is 0. The minimum absolute atomic E-state index is 0.115. The van der Waals surface area contributed by atoms with Crippen molar-refractivity contribution in [1.82, 2.24) is 0 Å². The molecule has 0 aromatic heterocycles. The Labute approximate surface area is 56.7 Å². The molecule has 0 aliphatic heterocycles. The van der Waals surface area contributed by atoms with Gasteiger partial charge in [0.05, 0.1) is 0 Å². The SMILES string of the molecule is CCCC=CC=CC[O]. The van der Waals surface area contributed by atoms with Gasteiger partial charge in [0, 0.05) is 0 Å². The van der Waals surface area contributed by atoms with Gasteiger partial charge in [-0.2, -0.15) is 0 Å². The lowest BCUT2D eigenvalue weighted by molar-refractivity contribution is 0.232. The highest BCUT2D eigenvalue weighted by Crippen LogP contribution is 1.87. The van der Waals surface area contributed by atoms with E-state index in [-0.39, 0.29) is 6.61 Å². The third-order valence-corrected chi connectivity index (χ3v) is 0.935. The monoisotopic (exact) mass is 125 g/mol. The molecule has 51 valence electrons. The van der Waals surface area contributed by atoms with E-state index in [1.54, 1.807) is 12.2 Å². The van der Waals surface area contributed by atoms with Gasteiger partial charge in [-0.1, -0.05) is 37.6 Å². The fraction of sp³-hybridized carbons (Fsp3) is 0.500. The molecule has 1 heteroatoms. The van der Waals surface area contributed by atoms with Crippen LogP contribution in [0.1, 0.15) is 19.8 Å². The van der Waals surface area contributed by atoms with Crippen LogP contribution < -0.4 is 0 Å². The molecule has 0 aliphatic carbocycles. The van der Waals surface area contributed by atoms with Crippen LogP contribution in [-0.4, -0.2) is 6.61 Å². The Hall–Kier alpha value is -0.560. The second-order valence-corrected chi connectivity index (χ2v) is 1.81. The molecule has 0 saturated carbocycles. The number of hydrogen-bond donors (Lipinski definition) is 0. The van der Waals surface area contributed by atoms with Crippen molar-refractivity contribution < 1.29 is 5.11 Å². The third-order valence-electron chi connectivity index (χ3n) is 0.935. The molecule has 0 aliphatic rings. The van der Waals surface area contributed by atoms with Gasteiger partial charge in [0.25, 0.3) is 0 Å². The lowest BCUT2D eigenvalue weighted by Crippen LogP contribution is -1.65. The molecule has 0 aromatic rings. The standard InChI is InChI=1S/C8H13O/c1-2-3-4-5-6-7-8-9/h4-7H,2-3,8H2,1H3. The molecule has 0 N–H and O–H groups in total. The van der Waals surface area contributed by atoms with Crippen molar-refractivity contribution in [3.05, 3.63) is 24.3 Å². The van der Waals surface area contributed by atoms with Crippen LogP contribution >= 0.6 is 0 Å². The highest BCUT2D eigenvalue weighted by atomic mass is 16.2. The minimum atomic E-state index is -0.115. The highest BCUT2D eigenvalue weighted by Gasteiger charge is 1.69. The fourth-order valence-electron chi connectivity index (χ4n) is 0.476. The molecule has 0 fully saturated rings. The maximum Gasteiger partial charge on any atom is 0.101 e. The van der Waals surface area contributed by atoms with Gasteiger partial charge in [0.1, 0.15) is 6.61 Å². The summed E-state index contributed by atoms with van der Waals surface area (Å²) in [6.07, 6.45) is 9.65. The van der Waals surface area contributed by atoms with E-state index in [1.165, 1.54) is 6.42 Å². The van der Waals surface area contributed by atoms with Gasteiger partial charge in [-0.25, -0.2) is 5.11 Å². The summed E-state index contributed by atoms with van der Waals surface area (Å²) in [7, 11) is 0. The second-order valence-electron chi connectivity index (χ2n) is 1.81. The summed E-state index contributed by atoms with van der Waals surface area (Å²) < 4.78 is 0. The van der Waals surface area contributed by atoms with E-state index < -0.39 is 0 Å². The van der Waals surface area contributed by atoms with Crippen molar-refractivity contribution in [2.24, 2.45) is 0 Å². The first-order valence-corrected chi connectivity index (χ1v) is 3.31. The molecule has 0 heterocycles. The third kappa shape index (κ3) is 7.44. The Morgan fingerprint density at radius 3 is 2.44 bits per heavy atom. The molecule has 0 saturated heterocycles. The normalized spacial score (nSPS) is 11.8. The molecule has 0 aromatic carbocycles. The molecule has 0 unspecified atom stereocenters. The first-order chi connectivity index (χ1) is 4.41. The Morgan fingerprint density at radius 1 is 1.22 bits per heavy atom. The van der Waals surface area contributed by atoms with Crippen molar-refractivity contribution >= 4 is 0 Å². The van der Waals surface area contributed by atoms with Crippen molar-refractivity contribution in [2.75, 3.05) is 6.61 Å². The second kappa shape index (κ2) is 7.44. The van der Waals surface area contributed by atoms with E-state index in [4.69, 9.17) is 0 Å². The average Bonchev–Trinajstić information content (AvgIpc) is 1.89. The van der Waals surface area contributed by atoms with Gasteiger partial charge in [0.2, 0.25) is 0 Å². The van der Waals surface area contributed by atoms with Crippen LogP contribution in [0.15, 0.2) is 24.3 Å². The van der Waals surface area contributed by atoms with Gasteiger partial charge in [-0.3, -0.25) is 0 Å². The molecular weight excluding hydrogens is 112 g/mol. The maximum absolute atomic E-state index is 9.84. The number of unbranched alkanes of at least 4 members (excludes halogenated alkanes) is 1. The molecule has 0 atom stereocenters. The lowest BCUT2D eigenvalue weighted by atomic mass is 10.3. The molecular formula is C8H13O. The molecule has 1 radical (unpaired) electrons.